The molecule has 0 atom stereocenters. The van der Waals surface area contributed by atoms with Crippen molar-refractivity contribution >= 4 is 5.65 Å². The predicted molar refractivity (Wildman–Crippen MR) is 68.6 cm³/mol. The Bertz CT molecular complexity index is 502. The molecule has 0 saturated heterocycles. The van der Waals surface area contributed by atoms with E-state index in [9.17, 15) is 0 Å². The Morgan fingerprint density at radius 3 is 2.88 bits per heavy atom. The van der Waals surface area contributed by atoms with E-state index in [1.54, 1.807) is 0 Å². The number of allylic oxidation sites excluding steroid dienone is 1. The molecule has 0 aromatic carbocycles. The lowest BCUT2D eigenvalue weighted by molar-refractivity contribution is 1.01. The smallest absolute Gasteiger partial charge is 0.136 e. The van der Waals surface area contributed by atoms with E-state index in [4.69, 9.17) is 0 Å². The summed E-state index contributed by atoms with van der Waals surface area (Å²) in [7, 11) is 0. The van der Waals surface area contributed by atoms with E-state index in [-0.39, 0.29) is 0 Å². The van der Waals surface area contributed by atoms with Crippen LogP contribution in [0, 0.1) is 0 Å². The zero-order chi connectivity index (χ0) is 12.0. The van der Waals surface area contributed by atoms with Gasteiger partial charge in [-0.3, -0.25) is 0 Å². The Morgan fingerprint density at radius 1 is 1.44 bits per heavy atom. The van der Waals surface area contributed by atoms with Crippen LogP contribution in [0.2, 0.25) is 0 Å². The second-order valence-corrected chi connectivity index (χ2v) is 3.31. The van der Waals surface area contributed by atoms with Crippen LogP contribution in [0.3, 0.4) is 0 Å². The summed E-state index contributed by atoms with van der Waals surface area (Å²) in [6.45, 7) is 9.65. The van der Waals surface area contributed by atoms with Crippen molar-refractivity contribution in [3.05, 3.63) is 54.2 Å². The van der Waals surface area contributed by atoms with Crippen LogP contribution in [-0.4, -0.2) is 9.38 Å². The summed E-state index contributed by atoms with van der Waals surface area (Å²) in [5, 5.41) is 0. The van der Waals surface area contributed by atoms with Crippen LogP contribution in [-0.2, 0) is 6.42 Å². The average Bonchev–Trinajstić information content (AvgIpc) is 2.75. The number of hydrogen-bond donors (Lipinski definition) is 0. The Labute approximate surface area is 97.0 Å². The Hall–Kier alpha value is -1.79. The maximum absolute atomic E-state index is 4.31. The monoisotopic (exact) mass is 214 g/mol. The van der Waals surface area contributed by atoms with Gasteiger partial charge in [0, 0.05) is 24.5 Å². The predicted octanol–water partition coefficient (Wildman–Crippen LogP) is 3.63. The molecule has 84 valence electrons. The second kappa shape index (κ2) is 5.94. The molecule has 16 heavy (non-hydrogen) atoms. The summed E-state index contributed by atoms with van der Waals surface area (Å²) in [6, 6.07) is 5.99. The number of fused-ring (bicyclic) bond motifs is 1. The highest BCUT2D eigenvalue weighted by Crippen LogP contribution is 2.09. The molecular formula is C14H18N2. The van der Waals surface area contributed by atoms with Gasteiger partial charge in [-0.1, -0.05) is 26.5 Å². The SMILES string of the molecule is C=C=C(C)Cc1cnc2ccccn12.CC. The van der Waals surface area contributed by atoms with Crippen LogP contribution < -0.4 is 0 Å². The average molecular weight is 214 g/mol. The first-order valence-corrected chi connectivity index (χ1v) is 5.58. The van der Waals surface area contributed by atoms with Crippen LogP contribution in [0.1, 0.15) is 26.5 Å². The van der Waals surface area contributed by atoms with E-state index in [0.29, 0.717) is 0 Å². The maximum atomic E-state index is 4.31. The molecule has 0 N–H and O–H groups in total. The number of imidazole rings is 1. The van der Waals surface area contributed by atoms with Gasteiger partial charge in [0.2, 0.25) is 0 Å². The molecule has 2 rings (SSSR count). The zero-order valence-electron chi connectivity index (χ0n) is 10.2. The Balaban J connectivity index is 0.000000606. The minimum atomic E-state index is 0.856. The van der Waals surface area contributed by atoms with Crippen molar-refractivity contribution < 1.29 is 0 Å². The fourth-order valence-electron chi connectivity index (χ4n) is 1.45. The molecule has 0 fully saturated rings. The lowest BCUT2D eigenvalue weighted by Crippen LogP contribution is -1.92. The first kappa shape index (κ1) is 12.3. The van der Waals surface area contributed by atoms with E-state index in [0.717, 1.165) is 17.6 Å². The molecule has 0 spiro atoms. The van der Waals surface area contributed by atoms with Crippen molar-refractivity contribution in [2.45, 2.75) is 27.2 Å². The van der Waals surface area contributed by atoms with Crippen molar-refractivity contribution in [3.63, 3.8) is 0 Å². The van der Waals surface area contributed by atoms with Crippen LogP contribution in [0.5, 0.6) is 0 Å². The molecule has 0 unspecified atom stereocenters. The van der Waals surface area contributed by atoms with Gasteiger partial charge in [-0.2, -0.15) is 0 Å². The van der Waals surface area contributed by atoms with E-state index in [1.165, 1.54) is 5.69 Å². The topological polar surface area (TPSA) is 17.3 Å². The van der Waals surface area contributed by atoms with Gasteiger partial charge < -0.3 is 4.40 Å². The molecule has 2 aromatic heterocycles. The second-order valence-electron chi connectivity index (χ2n) is 3.31. The number of rotatable bonds is 2. The summed E-state index contributed by atoms with van der Waals surface area (Å²) >= 11 is 0. The van der Waals surface area contributed by atoms with Gasteiger partial charge in [-0.15, -0.1) is 5.73 Å². The quantitative estimate of drug-likeness (QED) is 0.698. The molecular weight excluding hydrogens is 196 g/mol. The van der Waals surface area contributed by atoms with Gasteiger partial charge in [-0.05, 0) is 24.6 Å². The fourth-order valence-corrected chi connectivity index (χ4v) is 1.45. The van der Waals surface area contributed by atoms with Gasteiger partial charge in [0.05, 0.1) is 0 Å². The molecule has 0 radical (unpaired) electrons. The highest BCUT2D eigenvalue weighted by atomic mass is 15.0. The Kier molecular flexibility index (Phi) is 4.56. The zero-order valence-corrected chi connectivity index (χ0v) is 10.2. The van der Waals surface area contributed by atoms with Gasteiger partial charge in [-0.25, -0.2) is 4.98 Å². The van der Waals surface area contributed by atoms with E-state index in [1.807, 2.05) is 51.4 Å². The molecule has 2 nitrogen and oxygen atoms in total. The molecule has 2 heterocycles. The van der Waals surface area contributed by atoms with E-state index in [2.05, 4.69) is 21.7 Å². The molecule has 2 heteroatoms. The van der Waals surface area contributed by atoms with E-state index < -0.39 is 0 Å². The van der Waals surface area contributed by atoms with Gasteiger partial charge in [0.25, 0.3) is 0 Å². The normalized spacial score (nSPS) is 9.19. The largest absolute Gasteiger partial charge is 0.304 e. The van der Waals surface area contributed by atoms with Crippen molar-refractivity contribution in [2.75, 3.05) is 0 Å². The number of pyridine rings is 1. The minimum absolute atomic E-state index is 0.856. The summed E-state index contributed by atoms with van der Waals surface area (Å²) in [6.07, 6.45) is 4.78. The molecule has 0 aliphatic heterocycles. The first-order chi connectivity index (χ1) is 7.81. The maximum Gasteiger partial charge on any atom is 0.136 e. The third-order valence-electron chi connectivity index (χ3n) is 2.24. The van der Waals surface area contributed by atoms with Gasteiger partial charge in [0.15, 0.2) is 0 Å². The Morgan fingerprint density at radius 2 is 2.19 bits per heavy atom. The first-order valence-electron chi connectivity index (χ1n) is 5.58. The molecule has 0 aliphatic carbocycles. The van der Waals surface area contributed by atoms with Crippen molar-refractivity contribution in [1.82, 2.24) is 9.38 Å². The lowest BCUT2D eigenvalue weighted by Gasteiger charge is -1.99. The highest BCUT2D eigenvalue weighted by molar-refractivity contribution is 5.40. The summed E-state index contributed by atoms with van der Waals surface area (Å²) in [5.74, 6) is 0. The molecule has 0 amide bonds. The van der Waals surface area contributed by atoms with Crippen molar-refractivity contribution in [2.24, 2.45) is 0 Å². The third kappa shape index (κ3) is 2.62. The number of hydrogen-bond acceptors (Lipinski definition) is 1. The molecule has 0 saturated carbocycles. The number of nitrogens with zero attached hydrogens (tertiary/aromatic N) is 2. The van der Waals surface area contributed by atoms with Crippen LogP contribution in [0.15, 0.2) is 48.5 Å². The standard InChI is InChI=1S/C12H12N2.C2H6/c1-3-10(2)8-11-9-13-12-6-4-5-7-14(11)12;1-2/h4-7,9H,1,8H2,2H3;1-2H3. The van der Waals surface area contributed by atoms with Gasteiger partial charge >= 0.3 is 0 Å². The molecule has 0 aliphatic rings. The van der Waals surface area contributed by atoms with Crippen LogP contribution >= 0.6 is 0 Å². The molecule has 2 aromatic rings. The number of aromatic nitrogens is 2. The summed E-state index contributed by atoms with van der Waals surface area (Å²) in [5.41, 5.74) is 6.19. The fraction of sp³-hybridized carbons (Fsp3) is 0.286. The summed E-state index contributed by atoms with van der Waals surface area (Å²) in [4.78, 5) is 4.31. The molecule has 0 bridgehead atoms. The van der Waals surface area contributed by atoms with Gasteiger partial charge in [0.1, 0.15) is 5.65 Å². The minimum Gasteiger partial charge on any atom is -0.304 e. The summed E-state index contributed by atoms with van der Waals surface area (Å²) < 4.78 is 2.08. The highest BCUT2D eigenvalue weighted by Gasteiger charge is 2.01. The van der Waals surface area contributed by atoms with E-state index >= 15 is 0 Å². The van der Waals surface area contributed by atoms with Crippen LogP contribution in [0.4, 0.5) is 0 Å². The third-order valence-corrected chi connectivity index (χ3v) is 2.24. The van der Waals surface area contributed by atoms with Crippen molar-refractivity contribution in [3.8, 4) is 0 Å². The van der Waals surface area contributed by atoms with Crippen LogP contribution in [0.25, 0.3) is 5.65 Å². The lowest BCUT2D eigenvalue weighted by atomic mass is 10.2. The van der Waals surface area contributed by atoms with Crippen molar-refractivity contribution in [1.29, 1.82) is 0 Å².